The number of hydrogen-bond donors (Lipinski definition) is 2. The quantitative estimate of drug-likeness (QED) is 0.730. The van der Waals surface area contributed by atoms with Crippen LogP contribution in [0, 0.1) is 3.57 Å². The van der Waals surface area contributed by atoms with Crippen molar-refractivity contribution >= 4 is 46.1 Å². The van der Waals surface area contributed by atoms with E-state index in [4.69, 9.17) is 16.3 Å². The fourth-order valence-electron chi connectivity index (χ4n) is 2.53. The summed E-state index contributed by atoms with van der Waals surface area (Å²) in [5.41, 5.74) is -0.937. The summed E-state index contributed by atoms with van der Waals surface area (Å²) >= 11 is 8.08. The smallest absolute Gasteiger partial charge is 0.329 e. The molecule has 21 heavy (non-hydrogen) atoms. The largest absolute Gasteiger partial charge is 0.496 e. The lowest BCUT2D eigenvalue weighted by Gasteiger charge is -2.25. The normalized spacial score (nSPS) is 16.5. The van der Waals surface area contributed by atoms with Crippen molar-refractivity contribution in [1.29, 1.82) is 0 Å². The summed E-state index contributed by atoms with van der Waals surface area (Å²) < 4.78 is 5.95. The average Bonchev–Trinajstić information content (AvgIpc) is 2.91. The number of carboxylic acid groups (broad SMARTS) is 1. The van der Waals surface area contributed by atoms with E-state index in [9.17, 15) is 14.7 Å². The lowest BCUT2D eigenvalue weighted by Crippen LogP contribution is -2.52. The van der Waals surface area contributed by atoms with Crippen LogP contribution < -0.4 is 10.1 Å². The molecule has 0 aliphatic heterocycles. The van der Waals surface area contributed by atoms with Gasteiger partial charge in [-0.05, 0) is 47.6 Å². The first-order valence-electron chi connectivity index (χ1n) is 6.48. The van der Waals surface area contributed by atoms with Crippen LogP contribution in [0.4, 0.5) is 0 Å². The maximum atomic E-state index is 12.4. The Morgan fingerprint density at radius 3 is 2.52 bits per heavy atom. The second-order valence-corrected chi connectivity index (χ2v) is 6.58. The van der Waals surface area contributed by atoms with Crippen molar-refractivity contribution in [2.24, 2.45) is 0 Å². The highest BCUT2D eigenvalue weighted by molar-refractivity contribution is 14.1. The molecule has 2 N–H and O–H groups in total. The SMILES string of the molecule is COc1cc(I)c(Cl)cc1C(=O)NC1(C(=O)O)CCCC1. The molecule has 1 aliphatic rings. The number of carbonyl (C=O) groups is 2. The van der Waals surface area contributed by atoms with Gasteiger partial charge in [-0.1, -0.05) is 24.4 Å². The summed E-state index contributed by atoms with van der Waals surface area (Å²) in [5, 5.41) is 12.5. The summed E-state index contributed by atoms with van der Waals surface area (Å²) in [6.45, 7) is 0. The predicted molar refractivity (Wildman–Crippen MR) is 87.0 cm³/mol. The molecule has 1 saturated carbocycles. The summed E-state index contributed by atoms with van der Waals surface area (Å²) in [5.74, 6) is -1.10. The number of aliphatic carboxylic acids is 1. The number of nitrogens with one attached hydrogen (secondary N) is 1. The van der Waals surface area contributed by atoms with Crippen molar-refractivity contribution in [3.8, 4) is 5.75 Å². The molecule has 0 bridgehead atoms. The molecule has 0 unspecified atom stereocenters. The van der Waals surface area contributed by atoms with Crippen LogP contribution in [-0.4, -0.2) is 29.6 Å². The van der Waals surface area contributed by atoms with Crippen molar-refractivity contribution in [2.75, 3.05) is 7.11 Å². The standard InChI is InChI=1S/C14H15ClINO4/c1-21-11-7-10(16)9(15)6-8(11)12(18)17-14(13(19)20)4-2-3-5-14/h6-7H,2-5H2,1H3,(H,17,18)(H,19,20). The van der Waals surface area contributed by atoms with Gasteiger partial charge in [0.1, 0.15) is 11.3 Å². The Morgan fingerprint density at radius 2 is 2.00 bits per heavy atom. The molecule has 0 aromatic heterocycles. The second-order valence-electron chi connectivity index (χ2n) is 5.02. The minimum absolute atomic E-state index is 0.246. The maximum absolute atomic E-state index is 12.4. The molecule has 1 aliphatic carbocycles. The third kappa shape index (κ3) is 3.26. The molecule has 0 saturated heterocycles. The molecule has 1 aromatic carbocycles. The van der Waals surface area contributed by atoms with Gasteiger partial charge in [0, 0.05) is 3.57 Å². The van der Waals surface area contributed by atoms with E-state index < -0.39 is 17.4 Å². The van der Waals surface area contributed by atoms with Gasteiger partial charge in [-0.2, -0.15) is 0 Å². The number of amides is 1. The number of rotatable bonds is 4. The Bertz CT molecular complexity index is 585. The highest BCUT2D eigenvalue weighted by Gasteiger charge is 2.43. The van der Waals surface area contributed by atoms with Gasteiger partial charge in [-0.15, -0.1) is 0 Å². The maximum Gasteiger partial charge on any atom is 0.329 e. The summed E-state index contributed by atoms with van der Waals surface area (Å²) in [4.78, 5) is 23.9. The number of methoxy groups -OCH3 is 1. The lowest BCUT2D eigenvalue weighted by atomic mass is 9.97. The van der Waals surface area contributed by atoms with Gasteiger partial charge in [-0.25, -0.2) is 4.79 Å². The molecule has 114 valence electrons. The molecule has 2 rings (SSSR count). The summed E-state index contributed by atoms with van der Waals surface area (Å²) in [7, 11) is 1.46. The topological polar surface area (TPSA) is 75.6 Å². The molecule has 5 nitrogen and oxygen atoms in total. The van der Waals surface area contributed by atoms with E-state index in [1.165, 1.54) is 13.2 Å². The van der Waals surface area contributed by atoms with Crippen molar-refractivity contribution in [2.45, 2.75) is 31.2 Å². The zero-order chi connectivity index (χ0) is 15.6. The molecule has 1 amide bonds. The zero-order valence-electron chi connectivity index (χ0n) is 11.4. The van der Waals surface area contributed by atoms with E-state index in [1.807, 2.05) is 22.6 Å². The molecule has 0 heterocycles. The third-order valence-corrected chi connectivity index (χ3v) is 5.23. The van der Waals surface area contributed by atoms with Crippen molar-refractivity contribution in [3.63, 3.8) is 0 Å². The molecular weight excluding hydrogens is 409 g/mol. The van der Waals surface area contributed by atoms with Crippen LogP contribution in [0.1, 0.15) is 36.0 Å². The van der Waals surface area contributed by atoms with Crippen molar-refractivity contribution in [3.05, 3.63) is 26.3 Å². The monoisotopic (exact) mass is 423 g/mol. The highest BCUT2D eigenvalue weighted by Crippen LogP contribution is 2.32. The minimum atomic E-state index is -1.18. The number of hydrogen-bond acceptors (Lipinski definition) is 3. The molecule has 1 aromatic rings. The Labute approximate surface area is 141 Å². The van der Waals surface area contributed by atoms with E-state index in [1.54, 1.807) is 6.07 Å². The van der Waals surface area contributed by atoms with Gasteiger partial charge < -0.3 is 15.2 Å². The fourth-order valence-corrected chi connectivity index (χ4v) is 3.13. The average molecular weight is 424 g/mol. The molecule has 0 spiro atoms. The van der Waals surface area contributed by atoms with Crippen LogP contribution in [0.2, 0.25) is 5.02 Å². The number of ether oxygens (including phenoxy) is 1. The van der Waals surface area contributed by atoms with Crippen LogP contribution in [0.25, 0.3) is 0 Å². The minimum Gasteiger partial charge on any atom is -0.496 e. The number of carbonyl (C=O) groups excluding carboxylic acids is 1. The van der Waals surface area contributed by atoms with Gasteiger partial charge >= 0.3 is 5.97 Å². The Morgan fingerprint density at radius 1 is 1.38 bits per heavy atom. The molecule has 0 atom stereocenters. The lowest BCUT2D eigenvalue weighted by molar-refractivity contribution is -0.144. The second kappa shape index (κ2) is 6.39. The van der Waals surface area contributed by atoms with Crippen LogP contribution in [-0.2, 0) is 4.79 Å². The Hall–Kier alpha value is -1.02. The van der Waals surface area contributed by atoms with E-state index in [2.05, 4.69) is 5.32 Å². The first-order chi connectivity index (χ1) is 9.89. The third-order valence-electron chi connectivity index (χ3n) is 3.71. The van der Waals surface area contributed by atoms with Crippen LogP contribution in [0.15, 0.2) is 12.1 Å². The predicted octanol–water partition coefficient (Wildman–Crippen LogP) is 3.08. The van der Waals surface area contributed by atoms with Gasteiger partial charge in [-0.3, -0.25) is 4.79 Å². The summed E-state index contributed by atoms with van der Waals surface area (Å²) in [6, 6.07) is 3.15. The van der Waals surface area contributed by atoms with Gasteiger partial charge in [0.2, 0.25) is 0 Å². The van der Waals surface area contributed by atoms with E-state index in [0.717, 1.165) is 16.4 Å². The molecule has 7 heteroatoms. The van der Waals surface area contributed by atoms with Crippen LogP contribution in [0.5, 0.6) is 5.75 Å². The Kier molecular flexibility index (Phi) is 4.98. The summed E-state index contributed by atoms with van der Waals surface area (Å²) in [6.07, 6.45) is 2.46. The molecule has 1 fully saturated rings. The van der Waals surface area contributed by atoms with E-state index >= 15 is 0 Å². The van der Waals surface area contributed by atoms with E-state index in [0.29, 0.717) is 23.6 Å². The van der Waals surface area contributed by atoms with Gasteiger partial charge in [0.15, 0.2) is 0 Å². The van der Waals surface area contributed by atoms with Crippen LogP contribution in [0.3, 0.4) is 0 Å². The van der Waals surface area contributed by atoms with Crippen molar-refractivity contribution in [1.82, 2.24) is 5.32 Å². The molecular formula is C14H15ClINO4. The Balaban J connectivity index is 2.32. The van der Waals surface area contributed by atoms with Crippen molar-refractivity contribution < 1.29 is 19.4 Å². The van der Waals surface area contributed by atoms with Gasteiger partial charge in [0.05, 0.1) is 17.7 Å². The van der Waals surface area contributed by atoms with Gasteiger partial charge in [0.25, 0.3) is 5.91 Å². The zero-order valence-corrected chi connectivity index (χ0v) is 14.3. The first kappa shape index (κ1) is 16.4. The highest BCUT2D eigenvalue weighted by atomic mass is 127. The van der Waals surface area contributed by atoms with Crippen LogP contribution >= 0.6 is 34.2 Å². The number of benzene rings is 1. The fraction of sp³-hybridized carbons (Fsp3) is 0.429. The number of halogens is 2. The number of carboxylic acids is 1. The van der Waals surface area contributed by atoms with E-state index in [-0.39, 0.29) is 5.56 Å². The molecule has 0 radical (unpaired) electrons. The first-order valence-corrected chi connectivity index (χ1v) is 7.94.